The molecule has 1 atom stereocenters. The normalized spacial score (nSPS) is 10.0. The van der Waals surface area contributed by atoms with Crippen LogP contribution in [-0.4, -0.2) is 23.3 Å². The Morgan fingerprint density at radius 3 is 2.43 bits per heavy atom. The molecule has 85 valence electrons. The molecule has 0 saturated heterocycles. The van der Waals surface area contributed by atoms with E-state index < -0.39 is 11.9 Å². The van der Waals surface area contributed by atoms with E-state index in [1.807, 2.05) is 0 Å². The maximum Gasteiger partial charge on any atom is 0.0927 e. The van der Waals surface area contributed by atoms with Crippen molar-refractivity contribution in [3.8, 4) is 0 Å². The van der Waals surface area contributed by atoms with Crippen molar-refractivity contribution in [3.05, 3.63) is 5.73 Å². The SMILES string of the molecule is [Fm].[NH-]C(=O)CCC(N[C-]=O)C(N)=S.[Ta]. The predicted molar refractivity (Wildman–Crippen MR) is 48.0 cm³/mol. The quantitative estimate of drug-likeness (QED) is 0.240. The number of nitrogens with one attached hydrogen (secondary N) is 2. The van der Waals surface area contributed by atoms with Crippen LogP contribution in [0.5, 0.6) is 0 Å². The first-order valence-electron chi connectivity index (χ1n) is 3.24. The second-order valence-corrected chi connectivity index (χ2v) is 2.63. The number of thiocarbonyl (C=S) groups is 1. The Labute approximate surface area is 97.1 Å². The Kier molecular flexibility index (Phi) is 12.7. The molecule has 0 heterocycles. The smallest absolute Gasteiger partial charge is 0.0927 e. The largest absolute Gasteiger partial charge is 0.668 e. The molecule has 1 unspecified atom stereocenters. The van der Waals surface area contributed by atoms with Gasteiger partial charge in [0.2, 0.25) is 0 Å². The van der Waals surface area contributed by atoms with Gasteiger partial charge in [0.1, 0.15) is 0 Å². The molecule has 0 aromatic heterocycles. The summed E-state index contributed by atoms with van der Waals surface area (Å²) in [5, 5.41) is 2.23. The van der Waals surface area contributed by atoms with Gasteiger partial charge in [0.15, 0.2) is 0 Å². The second kappa shape index (κ2) is 9.66. The summed E-state index contributed by atoms with van der Waals surface area (Å²) < 4.78 is 0. The van der Waals surface area contributed by atoms with Gasteiger partial charge in [-0.2, -0.15) is 6.41 Å². The minimum atomic E-state index is -0.705. The summed E-state index contributed by atoms with van der Waals surface area (Å²) in [5.41, 5.74) is 11.8. The second-order valence-electron chi connectivity index (χ2n) is 2.16. The first-order chi connectivity index (χ1) is 5.57. The monoisotopic (exact) mass is 625 g/mol. The summed E-state index contributed by atoms with van der Waals surface area (Å²) >= 11 is 4.60. The summed E-state index contributed by atoms with van der Waals surface area (Å²) in [6.45, 7) is 0. The molecule has 0 fully saturated rings. The Bertz CT molecular complexity index is 206. The van der Waals surface area contributed by atoms with Crippen molar-refractivity contribution in [1.29, 1.82) is 0 Å². The molecule has 0 aliphatic carbocycles. The number of amides is 2. The van der Waals surface area contributed by atoms with Gasteiger partial charge in [0.05, 0.1) is 4.99 Å². The predicted octanol–water partition coefficient (Wildman–Crippen LogP) is -0.346. The number of hydrogen-bond acceptors (Lipinski definition) is 3. The molecule has 0 aromatic rings. The molecule has 0 saturated carbocycles. The summed E-state index contributed by atoms with van der Waals surface area (Å²) in [7, 11) is 0. The van der Waals surface area contributed by atoms with E-state index in [2.05, 4.69) is 17.5 Å². The van der Waals surface area contributed by atoms with Crippen LogP contribution in [0.4, 0.5) is 0 Å². The van der Waals surface area contributed by atoms with E-state index in [1.54, 1.807) is 0 Å². The molecule has 1 radical (unpaired) electrons. The van der Waals surface area contributed by atoms with Crippen molar-refractivity contribution >= 4 is 29.5 Å². The van der Waals surface area contributed by atoms with Gasteiger partial charge in [-0.05, 0) is 12.8 Å². The molecule has 0 bridgehead atoms. The van der Waals surface area contributed by atoms with Crippen LogP contribution >= 0.6 is 12.2 Å². The minimum absolute atomic E-state index is 0. The topological polar surface area (TPSA) is 96.0 Å². The number of nitrogens with two attached hydrogens (primary N) is 1. The first kappa shape index (κ1) is 18.4. The van der Waals surface area contributed by atoms with Crippen LogP contribution in [0.25, 0.3) is 5.73 Å². The Balaban J connectivity index is -0.000000605. The molecule has 5 nitrogen and oxygen atoms in total. The molecule has 0 rings (SSSR count). The first-order valence-corrected chi connectivity index (χ1v) is 3.65. The van der Waals surface area contributed by atoms with Gasteiger partial charge in [-0.25, -0.2) is 0 Å². The fraction of sp³-hybridized carbons (Fsp3) is 0.500. The Morgan fingerprint density at radius 2 is 2.14 bits per heavy atom. The van der Waals surface area contributed by atoms with Gasteiger partial charge < -0.3 is 26.4 Å². The number of rotatable bonds is 6. The molecule has 0 aliphatic rings. The molecule has 0 spiro atoms. The van der Waals surface area contributed by atoms with Crippen LogP contribution in [0.1, 0.15) is 12.8 Å². The zero-order valence-corrected chi connectivity index (χ0v) is 13.5. The van der Waals surface area contributed by atoms with Crippen LogP contribution in [0, 0.1) is 0 Å². The van der Waals surface area contributed by atoms with Crippen molar-refractivity contribution in [2.75, 3.05) is 0 Å². The molecule has 0 aliphatic heterocycles. The Hall–Kier alpha value is -1.43. The molecule has 0 aromatic carbocycles. The third-order valence-corrected chi connectivity index (χ3v) is 1.52. The fourth-order valence-electron chi connectivity index (χ4n) is 0.632. The van der Waals surface area contributed by atoms with Crippen LogP contribution in [0.2, 0.25) is 0 Å². The van der Waals surface area contributed by atoms with Crippen LogP contribution in [0.15, 0.2) is 0 Å². The summed E-state index contributed by atoms with van der Waals surface area (Å²) in [6.07, 6.45) is 1.71. The van der Waals surface area contributed by atoms with Gasteiger partial charge in [0.25, 0.3) is 0 Å². The minimum Gasteiger partial charge on any atom is -0.668 e. The van der Waals surface area contributed by atoms with Crippen LogP contribution in [-0.2, 0) is 32.0 Å². The van der Waals surface area contributed by atoms with Gasteiger partial charge in [-0.1, -0.05) is 12.2 Å². The van der Waals surface area contributed by atoms with E-state index in [0.29, 0.717) is 0 Å². The van der Waals surface area contributed by atoms with Crippen LogP contribution in [0.3, 0.4) is 0 Å². The van der Waals surface area contributed by atoms with E-state index in [4.69, 9.17) is 11.5 Å². The van der Waals surface area contributed by atoms with Crippen molar-refractivity contribution in [2.45, 2.75) is 18.9 Å². The molecular formula is C6H9FmN3O2STa-2. The summed E-state index contributed by atoms with van der Waals surface area (Å²) in [5.74, 6) is -0.705. The standard InChI is InChI=1S/C6H10N3O2S.Fm.Ta/c7-5(11)2-1-4(6(8)12)9-3-10;;/h4H,1-2H2,(H5,7,8,9,10,11,12);;/q-1;;/p-1. The fourth-order valence-corrected chi connectivity index (χ4v) is 0.809. The summed E-state index contributed by atoms with van der Waals surface area (Å²) in [4.78, 5) is 20.2. The van der Waals surface area contributed by atoms with E-state index in [1.165, 1.54) is 6.41 Å². The van der Waals surface area contributed by atoms with Crippen molar-refractivity contribution in [2.24, 2.45) is 5.73 Å². The number of hydrogen-bond donors (Lipinski definition) is 2. The van der Waals surface area contributed by atoms with Gasteiger partial charge in [-0.3, -0.25) is 0 Å². The van der Waals surface area contributed by atoms with Gasteiger partial charge >= 0.3 is 0 Å². The van der Waals surface area contributed by atoms with E-state index >= 15 is 0 Å². The maximum atomic E-state index is 10.2. The van der Waals surface area contributed by atoms with E-state index in [0.717, 1.165) is 0 Å². The van der Waals surface area contributed by atoms with E-state index in [9.17, 15) is 9.59 Å². The third-order valence-electron chi connectivity index (χ3n) is 1.24. The van der Waals surface area contributed by atoms with Crippen molar-refractivity contribution in [1.82, 2.24) is 5.32 Å². The van der Waals surface area contributed by atoms with Crippen molar-refractivity contribution in [3.63, 3.8) is 0 Å². The molecule has 14 heavy (non-hydrogen) atoms. The van der Waals surface area contributed by atoms with Gasteiger partial charge in [0, 0.05) is 34.3 Å². The molecular weight excluding hydrogens is 616 g/mol. The Morgan fingerprint density at radius 1 is 1.64 bits per heavy atom. The molecule has 2 amide bonds. The van der Waals surface area contributed by atoms with Crippen LogP contribution < -0.4 is 11.1 Å². The van der Waals surface area contributed by atoms with Crippen molar-refractivity contribution < 1.29 is 32.0 Å². The van der Waals surface area contributed by atoms with Gasteiger partial charge in [-0.15, -0.1) is 0 Å². The molecule has 4 N–H and O–H groups in total. The number of carbonyl (C=O) groups excluding carboxylic acids is 2. The zero-order chi connectivity index (χ0) is 9.56. The average Bonchev–Trinajstić information content (AvgIpc) is 1.96. The summed E-state index contributed by atoms with van der Waals surface area (Å²) in [6, 6.07) is -0.535. The number of carbonyl (C=O) groups is 1. The van der Waals surface area contributed by atoms with E-state index in [-0.39, 0.29) is 40.2 Å². The molecule has 8 heteroatoms. The third kappa shape index (κ3) is 8.66. The zero-order valence-electron chi connectivity index (χ0n) is 7.03. The maximum absolute atomic E-state index is 10.2. The average molecular weight is 625 g/mol.